The number of aryl methyl sites for hydroxylation is 1. The number of aromatic nitrogens is 3. The third kappa shape index (κ3) is 3.15. The minimum atomic E-state index is -0.542. The third-order valence-corrected chi connectivity index (χ3v) is 4.91. The molecule has 0 saturated carbocycles. The van der Waals surface area contributed by atoms with Crippen molar-refractivity contribution < 1.29 is 14.7 Å². The molecule has 146 valence electrons. The monoisotopic (exact) mass is 389 g/mol. The van der Waals surface area contributed by atoms with Crippen molar-refractivity contribution in [3.63, 3.8) is 0 Å². The Morgan fingerprint density at radius 3 is 2.79 bits per heavy atom. The molecule has 0 radical (unpaired) electrons. The summed E-state index contributed by atoms with van der Waals surface area (Å²) in [6.07, 6.45) is 4.16. The van der Waals surface area contributed by atoms with Crippen molar-refractivity contribution in [3.05, 3.63) is 59.9 Å². The van der Waals surface area contributed by atoms with Crippen LogP contribution in [0, 0.1) is 0 Å². The first-order chi connectivity index (χ1) is 14.0. The van der Waals surface area contributed by atoms with E-state index < -0.39 is 5.91 Å². The number of aliphatic hydroxyl groups is 1. The van der Waals surface area contributed by atoms with Gasteiger partial charge in [0.15, 0.2) is 0 Å². The van der Waals surface area contributed by atoms with Crippen LogP contribution in [-0.4, -0.2) is 32.2 Å². The summed E-state index contributed by atoms with van der Waals surface area (Å²) in [6, 6.07) is 10.7. The number of rotatable bonds is 6. The van der Waals surface area contributed by atoms with Crippen LogP contribution in [0.4, 0.5) is 5.69 Å². The number of carbonyl (C=O) groups is 2. The Hall–Kier alpha value is -3.91. The predicted molar refractivity (Wildman–Crippen MR) is 110 cm³/mol. The highest BCUT2D eigenvalue weighted by Gasteiger charge is 2.18. The van der Waals surface area contributed by atoms with Crippen LogP contribution in [0.15, 0.2) is 48.8 Å². The highest BCUT2D eigenvalue weighted by atomic mass is 16.3. The highest BCUT2D eigenvalue weighted by molar-refractivity contribution is 6.10. The van der Waals surface area contributed by atoms with Gasteiger partial charge in [-0.25, -0.2) is 0 Å². The quantitative estimate of drug-likeness (QED) is 0.378. The molecule has 0 aliphatic carbocycles. The van der Waals surface area contributed by atoms with Crippen LogP contribution in [0.1, 0.15) is 15.9 Å². The lowest BCUT2D eigenvalue weighted by Gasteiger charge is -2.14. The summed E-state index contributed by atoms with van der Waals surface area (Å²) in [4.78, 5) is 26.2. The zero-order valence-corrected chi connectivity index (χ0v) is 15.6. The molecule has 0 aliphatic rings. The Morgan fingerprint density at radius 2 is 2.14 bits per heavy atom. The molecule has 2 amide bonds. The van der Waals surface area contributed by atoms with Crippen molar-refractivity contribution in [2.45, 2.75) is 6.61 Å². The number of amides is 2. The summed E-state index contributed by atoms with van der Waals surface area (Å²) in [6.45, 7) is -0.259. The van der Waals surface area contributed by atoms with Crippen LogP contribution >= 0.6 is 0 Å². The molecule has 8 nitrogen and oxygen atoms in total. The van der Waals surface area contributed by atoms with Crippen molar-refractivity contribution in [3.8, 4) is 22.4 Å². The first-order valence-electron chi connectivity index (χ1n) is 8.91. The maximum Gasteiger partial charge on any atom is 0.250 e. The Bertz CT molecular complexity index is 1240. The van der Waals surface area contributed by atoms with Gasteiger partial charge < -0.3 is 21.1 Å². The van der Waals surface area contributed by atoms with Crippen molar-refractivity contribution in [2.75, 3.05) is 5.32 Å². The Balaban J connectivity index is 2.00. The lowest BCUT2D eigenvalue weighted by Crippen LogP contribution is -2.11. The van der Waals surface area contributed by atoms with Crippen molar-refractivity contribution >= 4 is 28.9 Å². The molecule has 29 heavy (non-hydrogen) atoms. The van der Waals surface area contributed by atoms with Crippen molar-refractivity contribution in [1.29, 1.82) is 0 Å². The van der Waals surface area contributed by atoms with Gasteiger partial charge in [0.2, 0.25) is 6.41 Å². The lowest BCUT2D eigenvalue weighted by molar-refractivity contribution is -0.105. The van der Waals surface area contributed by atoms with Crippen LogP contribution < -0.4 is 11.1 Å². The maximum absolute atomic E-state index is 12.0. The SMILES string of the molecule is Cn1cc(-c2cc3c(-c4cccc(NC=O)c4CO)ccc(C(N)=O)c3[nH]2)cn1. The number of nitrogens with one attached hydrogen (secondary N) is 2. The first-order valence-corrected chi connectivity index (χ1v) is 8.91. The van der Waals surface area contributed by atoms with E-state index in [2.05, 4.69) is 15.4 Å². The maximum atomic E-state index is 12.0. The van der Waals surface area contributed by atoms with Gasteiger partial charge in [-0.15, -0.1) is 0 Å². The first kappa shape index (κ1) is 18.5. The number of aliphatic hydroxyl groups excluding tert-OH is 1. The Morgan fingerprint density at radius 1 is 1.31 bits per heavy atom. The van der Waals surface area contributed by atoms with Gasteiger partial charge in [0, 0.05) is 41.1 Å². The second kappa shape index (κ2) is 7.25. The molecule has 8 heteroatoms. The topological polar surface area (TPSA) is 126 Å². The fraction of sp³-hybridized carbons (Fsp3) is 0.0952. The largest absolute Gasteiger partial charge is 0.392 e. The number of H-pyrrole nitrogens is 1. The molecular formula is C21H19N5O3. The highest BCUT2D eigenvalue weighted by Crippen LogP contribution is 2.37. The number of hydrogen-bond donors (Lipinski definition) is 4. The van der Waals surface area contributed by atoms with E-state index in [1.807, 2.05) is 25.4 Å². The van der Waals surface area contributed by atoms with E-state index in [-0.39, 0.29) is 6.61 Å². The second-order valence-corrected chi connectivity index (χ2v) is 6.65. The molecule has 0 fully saturated rings. The number of nitrogens with two attached hydrogens (primary N) is 1. The van der Waals surface area contributed by atoms with Crippen molar-refractivity contribution in [1.82, 2.24) is 14.8 Å². The standard InChI is InChI=1S/C21H19N5O3/c1-26-9-12(8-24-26)19-7-16-14(5-6-15(21(22)29)20(16)25-19)13-3-2-4-18(23-11-28)17(13)10-27/h2-9,11,25,27H,10H2,1H3,(H2,22,29)(H,23,28). The van der Waals surface area contributed by atoms with Gasteiger partial charge in [-0.05, 0) is 29.3 Å². The third-order valence-electron chi connectivity index (χ3n) is 4.91. The summed E-state index contributed by atoms with van der Waals surface area (Å²) in [5, 5.41) is 17.5. The van der Waals surface area contributed by atoms with Crippen LogP contribution in [0.25, 0.3) is 33.3 Å². The molecule has 0 aliphatic heterocycles. The lowest BCUT2D eigenvalue weighted by atomic mass is 9.94. The summed E-state index contributed by atoms with van der Waals surface area (Å²) in [7, 11) is 1.82. The van der Waals surface area contributed by atoms with Gasteiger partial charge in [-0.3, -0.25) is 14.3 Å². The number of benzene rings is 2. The van der Waals surface area contributed by atoms with Crippen LogP contribution in [0.2, 0.25) is 0 Å². The molecule has 4 aromatic rings. The van der Waals surface area contributed by atoms with E-state index in [9.17, 15) is 14.7 Å². The second-order valence-electron chi connectivity index (χ2n) is 6.65. The fourth-order valence-electron chi connectivity index (χ4n) is 3.58. The molecule has 4 rings (SSSR count). The number of aromatic amines is 1. The minimum Gasteiger partial charge on any atom is -0.392 e. The molecule has 2 heterocycles. The Kier molecular flexibility index (Phi) is 4.61. The molecule has 0 atom stereocenters. The number of fused-ring (bicyclic) bond motifs is 1. The molecule has 0 spiro atoms. The molecule has 2 aromatic heterocycles. The zero-order valence-electron chi connectivity index (χ0n) is 15.6. The number of primary amides is 1. The van der Waals surface area contributed by atoms with E-state index >= 15 is 0 Å². The summed E-state index contributed by atoms with van der Waals surface area (Å²) in [5.41, 5.74) is 10.9. The molecule has 0 unspecified atom stereocenters. The Labute approximate surface area is 166 Å². The van der Waals surface area contributed by atoms with Crippen molar-refractivity contribution in [2.24, 2.45) is 12.8 Å². The average Bonchev–Trinajstić information content (AvgIpc) is 3.33. The van der Waals surface area contributed by atoms with E-state index in [1.54, 1.807) is 35.1 Å². The molecular weight excluding hydrogens is 370 g/mol. The van der Waals surface area contributed by atoms with Crippen LogP contribution in [0.3, 0.4) is 0 Å². The predicted octanol–water partition coefficient (Wildman–Crippen LogP) is 2.39. The number of nitrogens with zero attached hydrogens (tertiary/aromatic N) is 2. The van der Waals surface area contributed by atoms with Crippen LogP contribution in [0.5, 0.6) is 0 Å². The zero-order chi connectivity index (χ0) is 20.5. The van der Waals surface area contributed by atoms with Gasteiger partial charge in [0.1, 0.15) is 0 Å². The fourth-order valence-corrected chi connectivity index (χ4v) is 3.58. The number of hydrogen-bond acceptors (Lipinski definition) is 4. The van der Waals surface area contributed by atoms with Gasteiger partial charge in [0.05, 0.1) is 23.9 Å². The number of carbonyl (C=O) groups excluding carboxylic acids is 2. The summed E-state index contributed by atoms with van der Waals surface area (Å²) < 4.78 is 1.69. The van der Waals surface area contributed by atoms with Gasteiger partial charge in [0.25, 0.3) is 5.91 Å². The van der Waals surface area contributed by atoms with E-state index in [0.29, 0.717) is 28.7 Å². The van der Waals surface area contributed by atoms with Gasteiger partial charge in [-0.2, -0.15) is 5.10 Å². The molecule has 0 bridgehead atoms. The summed E-state index contributed by atoms with van der Waals surface area (Å²) in [5.74, 6) is -0.542. The van der Waals surface area contributed by atoms with E-state index in [1.165, 1.54) is 0 Å². The normalized spacial score (nSPS) is 11.0. The van der Waals surface area contributed by atoms with Crippen LogP contribution in [-0.2, 0) is 18.4 Å². The smallest absolute Gasteiger partial charge is 0.250 e. The van der Waals surface area contributed by atoms with E-state index in [0.717, 1.165) is 27.8 Å². The van der Waals surface area contributed by atoms with Gasteiger partial charge in [-0.1, -0.05) is 18.2 Å². The average molecular weight is 389 g/mol. The van der Waals surface area contributed by atoms with E-state index in [4.69, 9.17) is 5.73 Å². The molecule has 0 saturated heterocycles. The molecule has 5 N–H and O–H groups in total. The molecule has 2 aromatic carbocycles. The number of anilines is 1. The van der Waals surface area contributed by atoms with Gasteiger partial charge >= 0.3 is 0 Å². The minimum absolute atomic E-state index is 0.259. The summed E-state index contributed by atoms with van der Waals surface area (Å²) >= 11 is 0.